The SMILES string of the molecule is C=CC1[P+](C(C)C)(C(C)C)Cc2cccc(c2C)C[P+]1(C(C)C)C(C)C. The van der Waals surface area contributed by atoms with E-state index in [0.717, 1.165) is 28.0 Å². The molecule has 0 aromatic heterocycles. The van der Waals surface area contributed by atoms with Gasteiger partial charge in [0.05, 0.1) is 49.5 Å². The standard InChI is InChI=1S/C24H42P2/c1-11-24-25(17(2)3,18(4)5)15-22-13-12-14-23(21(22)10)16-26(24,19(6)7)20(8)9/h11-14,17-20,24H,1,15-16H2,2-10H3/q+2. The van der Waals surface area contributed by atoms with Gasteiger partial charge in [-0.25, -0.2) is 0 Å². The zero-order chi connectivity index (χ0) is 19.9. The smallest absolute Gasteiger partial charge is 0.0953 e. The summed E-state index contributed by atoms with van der Waals surface area (Å²) in [6, 6.07) is 7.15. The number of benzene rings is 1. The Kier molecular flexibility index (Phi) is 6.85. The molecule has 0 saturated carbocycles. The summed E-state index contributed by atoms with van der Waals surface area (Å²) in [4.78, 5) is 0. The average Bonchev–Trinajstić information content (AvgIpc) is 2.54. The van der Waals surface area contributed by atoms with E-state index in [1.165, 1.54) is 12.3 Å². The van der Waals surface area contributed by atoms with Crippen LogP contribution >= 0.6 is 14.5 Å². The highest BCUT2D eigenvalue weighted by Crippen LogP contribution is 2.89. The minimum Gasteiger partial charge on any atom is -0.0953 e. The van der Waals surface area contributed by atoms with Gasteiger partial charge in [0.25, 0.3) is 0 Å². The van der Waals surface area contributed by atoms with Gasteiger partial charge in [-0.05, 0) is 85.1 Å². The van der Waals surface area contributed by atoms with Gasteiger partial charge in [-0.15, -0.1) is 0 Å². The highest BCUT2D eigenvalue weighted by Gasteiger charge is 2.66. The van der Waals surface area contributed by atoms with E-state index in [0.29, 0.717) is 0 Å². The number of fused-ring (bicyclic) bond motifs is 2. The Morgan fingerprint density at radius 3 is 1.42 bits per heavy atom. The molecule has 0 spiro atoms. The van der Waals surface area contributed by atoms with Crippen molar-refractivity contribution >= 4 is 14.5 Å². The summed E-state index contributed by atoms with van der Waals surface area (Å²) in [5.41, 5.74) is 7.84. The summed E-state index contributed by atoms with van der Waals surface area (Å²) in [7, 11) is -2.50. The third-order valence-corrected chi connectivity index (χ3v) is 21.9. The van der Waals surface area contributed by atoms with Crippen LogP contribution in [0.2, 0.25) is 0 Å². The lowest BCUT2D eigenvalue weighted by atomic mass is 10.0. The van der Waals surface area contributed by atoms with Crippen molar-refractivity contribution in [1.29, 1.82) is 0 Å². The van der Waals surface area contributed by atoms with E-state index in [1.807, 2.05) is 0 Å². The molecule has 0 nitrogen and oxygen atoms in total. The van der Waals surface area contributed by atoms with Crippen LogP contribution in [0.25, 0.3) is 0 Å². The van der Waals surface area contributed by atoms with Gasteiger partial charge < -0.3 is 0 Å². The van der Waals surface area contributed by atoms with Crippen molar-refractivity contribution < 1.29 is 0 Å². The third kappa shape index (κ3) is 3.25. The van der Waals surface area contributed by atoms with Crippen LogP contribution in [0.15, 0.2) is 30.9 Å². The number of allylic oxidation sites excluding steroid dienone is 1. The van der Waals surface area contributed by atoms with Gasteiger partial charge in [0.15, 0.2) is 5.40 Å². The maximum Gasteiger partial charge on any atom is 0.187 e. The first-order valence-corrected chi connectivity index (χ1v) is 14.9. The maximum absolute atomic E-state index is 4.49. The summed E-state index contributed by atoms with van der Waals surface area (Å²) in [5, 5.41) is 0.730. The molecule has 0 amide bonds. The van der Waals surface area contributed by atoms with E-state index in [9.17, 15) is 0 Å². The molecule has 1 aliphatic heterocycles. The molecule has 0 aliphatic carbocycles. The lowest BCUT2D eigenvalue weighted by molar-refractivity contribution is 0.910. The number of hydrogen-bond acceptors (Lipinski definition) is 0. The Balaban J connectivity index is 2.93. The molecule has 2 bridgehead atoms. The van der Waals surface area contributed by atoms with Gasteiger partial charge in [0.2, 0.25) is 0 Å². The molecule has 1 aliphatic rings. The van der Waals surface area contributed by atoms with Gasteiger partial charge in [0, 0.05) is 0 Å². The van der Waals surface area contributed by atoms with E-state index in [4.69, 9.17) is 0 Å². The Hall–Kier alpha value is -0.180. The van der Waals surface area contributed by atoms with Gasteiger partial charge in [-0.1, -0.05) is 24.8 Å². The normalized spacial score (nSPS) is 19.9. The van der Waals surface area contributed by atoms with Crippen molar-refractivity contribution in [1.82, 2.24) is 0 Å². The van der Waals surface area contributed by atoms with E-state index in [2.05, 4.69) is 93.2 Å². The summed E-state index contributed by atoms with van der Waals surface area (Å²) < 4.78 is 0. The van der Waals surface area contributed by atoms with Gasteiger partial charge in [-0.2, -0.15) is 0 Å². The van der Waals surface area contributed by atoms with E-state index >= 15 is 0 Å². The number of hydrogen-bond donors (Lipinski definition) is 0. The van der Waals surface area contributed by atoms with Crippen LogP contribution < -0.4 is 0 Å². The summed E-state index contributed by atoms with van der Waals surface area (Å²) in [6.45, 7) is 27.0. The first kappa shape index (κ1) is 22.1. The predicted octanol–water partition coefficient (Wildman–Crippen LogP) is 8.19. The molecule has 1 aromatic carbocycles. The zero-order valence-electron chi connectivity index (χ0n) is 18.7. The van der Waals surface area contributed by atoms with E-state index in [-0.39, 0.29) is 0 Å². The number of rotatable bonds is 5. The second-order valence-electron chi connectivity index (χ2n) is 9.53. The Morgan fingerprint density at radius 2 is 1.15 bits per heavy atom. The lowest BCUT2D eigenvalue weighted by Gasteiger charge is -2.49. The highest BCUT2D eigenvalue weighted by molar-refractivity contribution is 7.93. The molecule has 2 heteroatoms. The Labute approximate surface area is 164 Å². The molecule has 1 heterocycles. The molecule has 0 saturated heterocycles. The molecular weight excluding hydrogens is 350 g/mol. The molecule has 0 radical (unpaired) electrons. The van der Waals surface area contributed by atoms with E-state index in [1.54, 1.807) is 16.7 Å². The summed E-state index contributed by atoms with van der Waals surface area (Å²) >= 11 is 0. The van der Waals surface area contributed by atoms with Crippen LogP contribution in [0, 0.1) is 6.92 Å². The monoisotopic (exact) mass is 392 g/mol. The molecule has 0 atom stereocenters. The molecular formula is C24H42P2+2. The van der Waals surface area contributed by atoms with Crippen LogP contribution in [0.5, 0.6) is 0 Å². The minimum absolute atomic E-state index is 0.730. The fourth-order valence-corrected chi connectivity index (χ4v) is 22.0. The van der Waals surface area contributed by atoms with Crippen LogP contribution in [0.3, 0.4) is 0 Å². The average molecular weight is 393 g/mol. The van der Waals surface area contributed by atoms with Crippen molar-refractivity contribution in [3.63, 3.8) is 0 Å². The second-order valence-corrected chi connectivity index (χ2v) is 19.8. The second kappa shape index (κ2) is 8.05. The van der Waals surface area contributed by atoms with Crippen LogP contribution in [0.4, 0.5) is 0 Å². The molecule has 1 aromatic rings. The van der Waals surface area contributed by atoms with Crippen molar-refractivity contribution in [3.05, 3.63) is 47.5 Å². The van der Waals surface area contributed by atoms with Crippen LogP contribution in [-0.4, -0.2) is 28.0 Å². The Bertz CT molecular complexity index is 575. The Morgan fingerprint density at radius 1 is 0.808 bits per heavy atom. The van der Waals surface area contributed by atoms with Crippen molar-refractivity contribution in [2.45, 2.75) is 103 Å². The minimum atomic E-state index is -1.25. The third-order valence-electron chi connectivity index (χ3n) is 7.49. The molecule has 146 valence electrons. The van der Waals surface area contributed by atoms with E-state index < -0.39 is 14.5 Å². The molecule has 2 rings (SSSR count). The summed E-state index contributed by atoms with van der Waals surface area (Å²) in [5.74, 6) is 0. The predicted molar refractivity (Wildman–Crippen MR) is 127 cm³/mol. The lowest BCUT2D eigenvalue weighted by Crippen LogP contribution is -2.36. The molecule has 0 unspecified atom stereocenters. The van der Waals surface area contributed by atoms with Crippen molar-refractivity contribution in [2.24, 2.45) is 0 Å². The van der Waals surface area contributed by atoms with Gasteiger partial charge in [-0.3, -0.25) is 0 Å². The largest absolute Gasteiger partial charge is 0.187 e. The van der Waals surface area contributed by atoms with Crippen molar-refractivity contribution in [2.75, 3.05) is 0 Å². The summed E-state index contributed by atoms with van der Waals surface area (Å²) in [6.07, 6.45) is 5.06. The topological polar surface area (TPSA) is 0 Å². The maximum atomic E-state index is 4.49. The fraction of sp³-hybridized carbons (Fsp3) is 0.667. The van der Waals surface area contributed by atoms with Crippen molar-refractivity contribution in [3.8, 4) is 0 Å². The first-order valence-electron chi connectivity index (χ1n) is 10.5. The first-order chi connectivity index (χ1) is 12.1. The molecule has 26 heavy (non-hydrogen) atoms. The fourth-order valence-electron chi connectivity index (χ4n) is 5.79. The van der Waals surface area contributed by atoms with Crippen LogP contribution in [-0.2, 0) is 12.3 Å². The quantitative estimate of drug-likeness (QED) is 0.350. The molecule has 0 fully saturated rings. The van der Waals surface area contributed by atoms with Gasteiger partial charge in [0.1, 0.15) is 0 Å². The zero-order valence-corrected chi connectivity index (χ0v) is 20.5. The van der Waals surface area contributed by atoms with Gasteiger partial charge >= 0.3 is 0 Å². The molecule has 0 N–H and O–H groups in total. The van der Waals surface area contributed by atoms with Crippen LogP contribution in [0.1, 0.15) is 72.1 Å². The highest BCUT2D eigenvalue weighted by atomic mass is 31.2.